The number of aliphatic carboxylic acids is 1. The summed E-state index contributed by atoms with van der Waals surface area (Å²) in [6.07, 6.45) is 4.88. The summed E-state index contributed by atoms with van der Waals surface area (Å²) in [5.74, 6) is -0.611. The third-order valence-electron chi connectivity index (χ3n) is 6.70. The zero-order chi connectivity index (χ0) is 25.7. The summed E-state index contributed by atoms with van der Waals surface area (Å²) in [6, 6.07) is 12.1. The number of hydrogen-bond donors (Lipinski definition) is 3. The third-order valence-corrected chi connectivity index (χ3v) is 7.64. The molecular weight excluding hydrogens is 482 g/mol. The van der Waals surface area contributed by atoms with E-state index in [4.69, 9.17) is 9.84 Å². The van der Waals surface area contributed by atoms with Crippen LogP contribution < -0.4 is 10.6 Å². The monoisotopic (exact) mass is 513 g/mol. The largest absolute Gasteiger partial charge is 0.612 e. The van der Waals surface area contributed by atoms with Crippen LogP contribution in [0.1, 0.15) is 43.2 Å². The first-order chi connectivity index (χ1) is 17.3. The van der Waals surface area contributed by atoms with Gasteiger partial charge in [0.2, 0.25) is 0 Å². The van der Waals surface area contributed by atoms with Gasteiger partial charge in [-0.25, -0.2) is 9.59 Å². The number of rotatable bonds is 6. The van der Waals surface area contributed by atoms with Crippen molar-refractivity contribution in [2.45, 2.75) is 56.1 Å². The molecular formula is C26H31N3O6S. The highest BCUT2D eigenvalue weighted by molar-refractivity contribution is 7.90. The predicted molar refractivity (Wildman–Crippen MR) is 136 cm³/mol. The van der Waals surface area contributed by atoms with Crippen molar-refractivity contribution in [1.82, 2.24) is 4.90 Å². The van der Waals surface area contributed by atoms with Crippen molar-refractivity contribution in [2.75, 3.05) is 23.4 Å². The molecule has 4 rings (SSSR count). The van der Waals surface area contributed by atoms with Gasteiger partial charge in [0.25, 0.3) is 0 Å². The molecule has 1 unspecified atom stereocenters. The molecule has 9 nitrogen and oxygen atoms in total. The number of fused-ring (bicyclic) bond motifs is 1. The Morgan fingerprint density at radius 1 is 1.03 bits per heavy atom. The van der Waals surface area contributed by atoms with Gasteiger partial charge in [0, 0.05) is 30.9 Å². The van der Waals surface area contributed by atoms with E-state index < -0.39 is 17.1 Å². The van der Waals surface area contributed by atoms with Gasteiger partial charge < -0.3 is 29.9 Å². The van der Waals surface area contributed by atoms with Crippen molar-refractivity contribution in [3.8, 4) is 0 Å². The smallest absolute Gasteiger partial charge is 0.410 e. The first kappa shape index (κ1) is 25.8. The van der Waals surface area contributed by atoms with E-state index in [2.05, 4.69) is 10.6 Å². The van der Waals surface area contributed by atoms with Crippen LogP contribution in [0, 0.1) is 5.92 Å². The fraction of sp³-hybridized carbons (Fsp3) is 0.423. The minimum Gasteiger partial charge on any atom is -0.612 e. The van der Waals surface area contributed by atoms with Gasteiger partial charge in [0.05, 0.1) is 0 Å². The number of ether oxygens (including phenoxy) is 1. The molecule has 0 radical (unpaired) electrons. The summed E-state index contributed by atoms with van der Waals surface area (Å²) in [5.41, 5.74) is 3.34. The van der Waals surface area contributed by atoms with Crippen molar-refractivity contribution in [2.24, 2.45) is 5.92 Å². The summed E-state index contributed by atoms with van der Waals surface area (Å²) in [4.78, 5) is 38.4. The summed E-state index contributed by atoms with van der Waals surface area (Å²) >= 11 is -1.07. The van der Waals surface area contributed by atoms with E-state index in [0.29, 0.717) is 48.6 Å². The van der Waals surface area contributed by atoms with E-state index >= 15 is 0 Å². The van der Waals surface area contributed by atoms with E-state index in [1.807, 2.05) is 12.1 Å². The fourth-order valence-corrected chi connectivity index (χ4v) is 5.25. The number of nitrogens with zero attached hydrogens (tertiary/aromatic N) is 1. The average molecular weight is 514 g/mol. The Morgan fingerprint density at radius 2 is 1.69 bits per heavy atom. The number of carboxylic acids is 1. The molecule has 0 spiro atoms. The summed E-state index contributed by atoms with van der Waals surface area (Å²) < 4.78 is 17.2. The Bertz CT molecular complexity index is 1100. The van der Waals surface area contributed by atoms with Gasteiger partial charge in [0.1, 0.15) is 12.4 Å². The number of amides is 3. The van der Waals surface area contributed by atoms with E-state index in [-0.39, 0.29) is 30.6 Å². The lowest BCUT2D eigenvalue weighted by atomic mass is 9.85. The first-order valence-corrected chi connectivity index (χ1v) is 13.6. The van der Waals surface area contributed by atoms with Crippen LogP contribution in [0.15, 0.2) is 47.4 Å². The molecule has 2 aliphatic rings. The molecule has 36 heavy (non-hydrogen) atoms. The lowest BCUT2D eigenvalue weighted by molar-refractivity contribution is -0.138. The van der Waals surface area contributed by atoms with E-state index in [0.717, 1.165) is 24.0 Å². The number of carbonyl (C=O) groups excluding carboxylic acids is 2. The van der Waals surface area contributed by atoms with Crippen molar-refractivity contribution >= 4 is 40.6 Å². The molecule has 1 saturated carbocycles. The summed E-state index contributed by atoms with van der Waals surface area (Å²) in [6.45, 7) is 0.973. The molecule has 1 fully saturated rings. The lowest BCUT2D eigenvalue weighted by Crippen LogP contribution is -2.39. The maximum absolute atomic E-state index is 12.7. The molecule has 1 aliphatic carbocycles. The van der Waals surface area contributed by atoms with Crippen molar-refractivity contribution in [1.29, 1.82) is 0 Å². The van der Waals surface area contributed by atoms with Crippen molar-refractivity contribution in [3.63, 3.8) is 0 Å². The first-order valence-electron chi connectivity index (χ1n) is 12.1. The van der Waals surface area contributed by atoms with Gasteiger partial charge in [-0.15, -0.1) is 0 Å². The third kappa shape index (κ3) is 6.92. The van der Waals surface area contributed by atoms with Crippen molar-refractivity contribution < 1.29 is 28.8 Å². The Hall–Kier alpha value is -3.24. The van der Waals surface area contributed by atoms with Gasteiger partial charge in [-0.1, -0.05) is 6.07 Å². The van der Waals surface area contributed by atoms with E-state index in [9.17, 15) is 18.9 Å². The highest BCUT2D eigenvalue weighted by Crippen LogP contribution is 2.30. The molecule has 3 amide bonds. The Morgan fingerprint density at radius 3 is 2.36 bits per heavy atom. The molecule has 192 valence electrons. The number of urea groups is 1. The molecule has 1 heterocycles. The number of carboxylic acid groups (broad SMARTS) is 1. The molecule has 1 aliphatic heterocycles. The maximum atomic E-state index is 12.7. The van der Waals surface area contributed by atoms with Crippen LogP contribution in [0.3, 0.4) is 0 Å². The number of hydrogen-bond acceptors (Lipinski definition) is 5. The van der Waals surface area contributed by atoms with Crippen LogP contribution in [-0.4, -0.2) is 51.6 Å². The van der Waals surface area contributed by atoms with Gasteiger partial charge in [-0.05, 0) is 96.7 Å². The summed E-state index contributed by atoms with van der Waals surface area (Å²) in [7, 11) is 0. The zero-order valence-corrected chi connectivity index (χ0v) is 21.0. The van der Waals surface area contributed by atoms with Crippen LogP contribution in [0.25, 0.3) is 0 Å². The van der Waals surface area contributed by atoms with Gasteiger partial charge in [0.15, 0.2) is 4.90 Å². The second kappa shape index (κ2) is 11.7. The Balaban J connectivity index is 1.26. The molecule has 0 saturated heterocycles. The van der Waals surface area contributed by atoms with Crippen LogP contribution in [0.5, 0.6) is 0 Å². The number of anilines is 2. The molecule has 0 bridgehead atoms. The Labute approximate surface area is 213 Å². The maximum Gasteiger partial charge on any atom is 0.410 e. The van der Waals surface area contributed by atoms with Crippen molar-refractivity contribution in [3.05, 3.63) is 53.6 Å². The summed E-state index contributed by atoms with van der Waals surface area (Å²) in [5, 5.41) is 14.5. The molecule has 1 atom stereocenters. The van der Waals surface area contributed by atoms with Gasteiger partial charge in [-0.2, -0.15) is 0 Å². The standard InChI is InChI=1S/C26H31N3O6S/c1-36(34)23-10-6-20(7-11-23)27-25(32)28-21-5-4-19-16-29(13-12-18(19)15-21)26(33)35-22-8-2-17(3-9-22)14-24(30)31/h4-7,10-11,15,17,22H,2-3,8-9,12-14,16H2,1H3,(H,30,31)(H2,27,28,32). The highest BCUT2D eigenvalue weighted by Gasteiger charge is 2.28. The van der Waals surface area contributed by atoms with E-state index in [1.165, 1.54) is 0 Å². The number of nitrogens with one attached hydrogen (secondary N) is 2. The zero-order valence-electron chi connectivity index (χ0n) is 20.2. The molecule has 2 aromatic carbocycles. The number of benzene rings is 2. The molecule has 0 aromatic heterocycles. The molecule has 3 N–H and O–H groups in total. The SMILES string of the molecule is C[S+]([O-])c1ccc(NC(=O)Nc2ccc3c(c2)CCN(C(=O)OC2CCC(CC(=O)O)CC2)C3)cc1. The fourth-order valence-electron chi connectivity index (χ4n) is 4.73. The number of carbonyl (C=O) groups is 3. The normalized spacial score (nSPS) is 20.1. The molecule has 10 heteroatoms. The average Bonchev–Trinajstić information content (AvgIpc) is 2.85. The van der Waals surface area contributed by atoms with Crippen LogP contribution >= 0.6 is 0 Å². The Kier molecular flexibility index (Phi) is 8.37. The predicted octanol–water partition coefficient (Wildman–Crippen LogP) is 4.60. The second-order valence-electron chi connectivity index (χ2n) is 9.34. The van der Waals surface area contributed by atoms with Crippen LogP contribution in [0.2, 0.25) is 0 Å². The van der Waals surface area contributed by atoms with Crippen LogP contribution in [-0.2, 0) is 33.7 Å². The molecule has 2 aromatic rings. The minimum atomic E-state index is -1.07. The lowest BCUT2D eigenvalue weighted by Gasteiger charge is -2.32. The van der Waals surface area contributed by atoms with Crippen LogP contribution in [0.4, 0.5) is 21.0 Å². The minimum absolute atomic E-state index is 0.158. The van der Waals surface area contributed by atoms with Gasteiger partial charge in [-0.3, -0.25) is 4.79 Å². The van der Waals surface area contributed by atoms with E-state index in [1.54, 1.807) is 41.5 Å². The quantitative estimate of drug-likeness (QED) is 0.484. The highest BCUT2D eigenvalue weighted by atomic mass is 32.2. The van der Waals surface area contributed by atoms with Gasteiger partial charge >= 0.3 is 18.1 Å². The topological polar surface area (TPSA) is 131 Å². The second-order valence-corrected chi connectivity index (χ2v) is 10.7.